The first kappa shape index (κ1) is 33.1. The first-order chi connectivity index (χ1) is 25.7. The molecule has 1 N–H and O–H groups in total. The Balaban J connectivity index is 1.55. The fraction of sp³-hybridized carbons (Fsp3) is 0. The second kappa shape index (κ2) is 12.4. The average Bonchev–Trinajstić information content (AvgIpc) is 3.59. The summed E-state index contributed by atoms with van der Waals surface area (Å²) in [5.41, 5.74) is 16.8. The van der Waals surface area contributed by atoms with Crippen molar-refractivity contribution in [2.45, 2.75) is 0 Å². The number of phenolic OH excluding ortho intramolecular Hbond substituents is 1. The molecule has 9 aromatic rings. The van der Waals surface area contributed by atoms with Gasteiger partial charge in [0.2, 0.25) is 0 Å². The molecule has 0 saturated heterocycles. The zero-order valence-corrected chi connectivity index (χ0v) is 31.4. The third kappa shape index (κ3) is 4.81. The maximum Gasteiger partial charge on any atom is 0.146 e. The molecule has 0 saturated carbocycles. The Kier molecular flexibility index (Phi) is 7.78. The number of aromatic hydroxyl groups is 1. The van der Waals surface area contributed by atoms with Gasteiger partial charge >= 0.3 is 0 Å². The van der Waals surface area contributed by atoms with Gasteiger partial charge in [0.05, 0.1) is 11.0 Å². The number of benzene rings is 8. The first-order valence-corrected chi connectivity index (χ1v) is 18.5. The van der Waals surface area contributed by atoms with Gasteiger partial charge in [0.15, 0.2) is 0 Å². The van der Waals surface area contributed by atoms with Crippen molar-refractivity contribution < 1.29 is 5.11 Å². The number of phenols is 1. The lowest BCUT2D eigenvalue weighted by atomic mass is 9.61. The van der Waals surface area contributed by atoms with Crippen LogP contribution in [0.5, 0.6) is 5.75 Å². The van der Waals surface area contributed by atoms with Crippen LogP contribution in [-0.2, 0) is 0 Å². The van der Waals surface area contributed by atoms with Crippen LogP contribution in [0.1, 0.15) is 0 Å². The molecule has 0 atom stereocenters. The van der Waals surface area contributed by atoms with Gasteiger partial charge in [-0.25, -0.2) is 4.98 Å². The van der Waals surface area contributed by atoms with Crippen LogP contribution in [0.15, 0.2) is 121 Å². The van der Waals surface area contributed by atoms with Crippen molar-refractivity contribution in [1.82, 2.24) is 9.55 Å². The summed E-state index contributed by atoms with van der Waals surface area (Å²) in [6.07, 6.45) is 0. The summed E-state index contributed by atoms with van der Waals surface area (Å²) in [6.45, 7) is 0. The van der Waals surface area contributed by atoms with Crippen molar-refractivity contribution >= 4 is 137 Å². The monoisotopic (exact) mass is 672 g/mol. The molecule has 0 bridgehead atoms. The van der Waals surface area contributed by atoms with E-state index in [1.807, 2.05) is 0 Å². The molecule has 0 aliphatic rings. The summed E-state index contributed by atoms with van der Waals surface area (Å²) < 4.78 is 2.27. The van der Waals surface area contributed by atoms with Crippen molar-refractivity contribution in [2.24, 2.45) is 0 Å². The molecular weight excluding hydrogens is 636 g/mol. The second-order valence-corrected chi connectivity index (χ2v) is 14.6. The van der Waals surface area contributed by atoms with Crippen molar-refractivity contribution in [1.29, 1.82) is 0 Å². The van der Waals surface area contributed by atoms with Crippen LogP contribution >= 0.6 is 0 Å². The van der Waals surface area contributed by atoms with Crippen molar-refractivity contribution in [3.8, 4) is 45.1 Å². The molecule has 0 unspecified atom stereocenters. The maximum atomic E-state index is 12.6. The van der Waals surface area contributed by atoms with Gasteiger partial charge in [-0.3, -0.25) is 4.57 Å². The van der Waals surface area contributed by atoms with Crippen LogP contribution in [-0.4, -0.2) is 69.6 Å². The van der Waals surface area contributed by atoms with Gasteiger partial charge in [-0.05, 0) is 67.9 Å². The van der Waals surface area contributed by atoms with Crippen molar-refractivity contribution in [3.63, 3.8) is 0 Å². The summed E-state index contributed by atoms with van der Waals surface area (Å²) in [6, 6.07) is 42.8. The molecule has 0 aliphatic heterocycles. The van der Waals surface area contributed by atoms with Crippen LogP contribution < -0.4 is 38.2 Å². The number of para-hydroxylation sites is 3. The summed E-state index contributed by atoms with van der Waals surface area (Å²) in [7, 11) is 15.5. The normalized spacial score (nSPS) is 11.6. The molecule has 0 radical (unpaired) electrons. The molecule has 1 heterocycles. The third-order valence-electron chi connectivity index (χ3n) is 12.1. The summed E-state index contributed by atoms with van der Waals surface area (Å²) in [4.78, 5) is 5.35. The number of imidazole rings is 1. The Morgan fingerprint density at radius 1 is 0.434 bits per heavy atom. The average molecular weight is 671 g/mol. The molecule has 0 aliphatic carbocycles. The van der Waals surface area contributed by atoms with E-state index in [-0.39, 0.29) is 0 Å². The maximum absolute atomic E-state index is 12.6. The van der Waals surface area contributed by atoms with E-state index in [0.717, 1.165) is 60.9 Å². The Morgan fingerprint density at radius 2 is 0.943 bits per heavy atom. The van der Waals surface area contributed by atoms with Gasteiger partial charge < -0.3 is 5.11 Å². The number of nitrogens with zero attached hydrogens (tertiary/aromatic N) is 2. The van der Waals surface area contributed by atoms with Crippen LogP contribution in [0.2, 0.25) is 0 Å². The smallest absolute Gasteiger partial charge is 0.146 e. The predicted octanol–water partition coefficient (Wildman–Crippen LogP) is -0.999. The minimum Gasteiger partial charge on any atom is -0.508 e. The topological polar surface area (TPSA) is 38.0 Å². The molecule has 0 fully saturated rings. The Bertz CT molecular complexity index is 2910. The summed E-state index contributed by atoms with van der Waals surface area (Å²) in [5.74, 6) is 1.20. The lowest BCUT2D eigenvalue weighted by Crippen LogP contribution is -2.48. The summed E-state index contributed by atoms with van der Waals surface area (Å²) >= 11 is 0. The highest BCUT2D eigenvalue weighted by atomic mass is 16.3. The summed E-state index contributed by atoms with van der Waals surface area (Å²) in [5, 5.41) is 19.4. The molecule has 8 aromatic carbocycles. The molecule has 244 valence electrons. The number of hydrogen-bond donors (Lipinski definition) is 1. The molecule has 53 heavy (non-hydrogen) atoms. The van der Waals surface area contributed by atoms with E-state index in [2.05, 4.69) is 181 Å². The first-order valence-electron chi connectivity index (χ1n) is 18.5. The molecule has 0 amide bonds. The highest BCUT2D eigenvalue weighted by Crippen LogP contribution is 2.47. The Labute approximate surface area is 316 Å². The number of aromatic nitrogens is 2. The quantitative estimate of drug-likeness (QED) is 0.193. The fourth-order valence-electron chi connectivity index (χ4n) is 8.81. The minimum atomic E-state index is 0.336. The van der Waals surface area contributed by atoms with E-state index in [4.69, 9.17) is 4.98 Å². The minimum absolute atomic E-state index is 0.336. The van der Waals surface area contributed by atoms with Crippen LogP contribution in [0.4, 0.5) is 0 Å². The zero-order chi connectivity index (χ0) is 36.7. The molecule has 9 rings (SSSR count). The second-order valence-electron chi connectivity index (χ2n) is 14.6. The van der Waals surface area contributed by atoms with Gasteiger partial charge in [-0.2, -0.15) is 0 Å². The van der Waals surface area contributed by atoms with Crippen LogP contribution in [0.25, 0.3) is 82.7 Å². The lowest BCUT2D eigenvalue weighted by molar-refractivity contribution is 0.486. The van der Waals surface area contributed by atoms with E-state index in [0.29, 0.717) is 5.75 Å². The van der Waals surface area contributed by atoms with Gasteiger partial charge in [0.1, 0.15) is 66.5 Å². The van der Waals surface area contributed by atoms with Gasteiger partial charge in [-0.1, -0.05) is 124 Å². The van der Waals surface area contributed by atoms with Crippen LogP contribution in [0.3, 0.4) is 0 Å². The van der Waals surface area contributed by atoms with Crippen LogP contribution in [0, 0.1) is 0 Å². The molecule has 1 aromatic heterocycles. The zero-order valence-electron chi connectivity index (χ0n) is 31.4. The number of hydrogen-bond acceptors (Lipinski definition) is 2. The van der Waals surface area contributed by atoms with Crippen molar-refractivity contribution in [3.05, 3.63) is 121 Å². The third-order valence-corrected chi connectivity index (χ3v) is 12.1. The van der Waals surface area contributed by atoms with E-state index >= 15 is 0 Å². The van der Waals surface area contributed by atoms with Gasteiger partial charge in [0, 0.05) is 22.2 Å². The van der Waals surface area contributed by atoms with E-state index in [1.165, 1.54) is 60.0 Å². The Hall–Kier alpha value is -5.74. The van der Waals surface area contributed by atoms with Crippen molar-refractivity contribution in [2.75, 3.05) is 0 Å². The SMILES string of the molecule is Bc1c(B)c(B)c2c(-c3ccccc3-c3nc4ccccc4n3-c3ccccc3)c3c(O)c(B)c(B)c(B)c3c(-c3cccc4ccccc34)c2c1B. The lowest BCUT2D eigenvalue weighted by Gasteiger charge is -2.28. The number of rotatable bonds is 4. The largest absolute Gasteiger partial charge is 0.508 e. The van der Waals surface area contributed by atoms with E-state index in [9.17, 15) is 5.11 Å². The Morgan fingerprint density at radius 3 is 1.66 bits per heavy atom. The highest BCUT2D eigenvalue weighted by molar-refractivity contribution is 6.69. The van der Waals surface area contributed by atoms with Gasteiger partial charge in [0.25, 0.3) is 0 Å². The molecule has 0 spiro atoms. The predicted molar refractivity (Wildman–Crippen MR) is 249 cm³/mol. The molecule has 3 nitrogen and oxygen atoms in total. The molecule has 10 heteroatoms. The van der Waals surface area contributed by atoms with Gasteiger partial charge in [-0.15, -0.1) is 10.9 Å². The highest BCUT2D eigenvalue weighted by Gasteiger charge is 2.28. The molecular formula is C43H35B7N2O. The standard InChI is InChI=1S/C43H35B7N2O/c44-35-31-29(24-18-10-12-21-11-4-5-15-23(21)24)33-34(42(53)41(50)40(49)37(33)46)30(32(31)36(45)39(48)38(35)47)25-16-6-7-17-26(25)43-51-27-19-8-9-20-28(27)52(43)22-13-2-1-3-14-22/h1-20,53H,44-50H2. The fourth-order valence-corrected chi connectivity index (χ4v) is 8.81. The number of fused-ring (bicyclic) bond motifs is 4. The van der Waals surface area contributed by atoms with E-state index < -0.39 is 0 Å². The van der Waals surface area contributed by atoms with E-state index in [1.54, 1.807) is 0 Å².